The highest BCUT2D eigenvalue weighted by molar-refractivity contribution is 6.30. The van der Waals surface area contributed by atoms with Crippen molar-refractivity contribution in [3.8, 4) is 33.8 Å². The van der Waals surface area contributed by atoms with E-state index in [9.17, 15) is 9.59 Å². The zero-order valence-electron chi connectivity index (χ0n) is 38.5. The summed E-state index contributed by atoms with van der Waals surface area (Å²) in [5, 5.41) is 0. The fraction of sp³-hybridized carbons (Fsp3) is 0.100. The van der Waals surface area contributed by atoms with Crippen LogP contribution in [0.15, 0.2) is 217 Å². The average Bonchev–Trinajstić information content (AvgIpc) is 3.87. The second kappa shape index (κ2) is 18.7. The zero-order chi connectivity index (χ0) is 46.7. The van der Waals surface area contributed by atoms with Crippen molar-refractivity contribution in [2.24, 2.45) is 0 Å². The van der Waals surface area contributed by atoms with Gasteiger partial charge in [0.15, 0.2) is 0 Å². The Kier molecular flexibility index (Phi) is 11.9. The first-order chi connectivity index (χ1) is 33.4. The standard InChI is InChI=1S/C60H50N4O4/c1-5-61-57(45-21-17-41(18-22-45)43-25-29-49(30-26-43)63(47-13-9-7-10-14-47)51-33-37-53(67-3)38-34-51)55-56(59(61)65)58(62(6-2)60(55)66)46-23-19-42(20-24-46)44-27-31-50(32-28-44)64(48-15-11-8-12-16-48)52-35-39-54(68-4)40-36-52/h7-40H,5-6H2,1-4H3. The van der Waals surface area contributed by atoms with Crippen LogP contribution in [0.5, 0.6) is 11.5 Å². The summed E-state index contributed by atoms with van der Waals surface area (Å²) in [7, 11) is 3.34. The van der Waals surface area contributed by atoms with Crippen molar-refractivity contribution < 1.29 is 19.1 Å². The molecule has 0 radical (unpaired) electrons. The van der Waals surface area contributed by atoms with E-state index in [1.807, 2.05) is 98.8 Å². The minimum Gasteiger partial charge on any atom is -0.497 e. The topological polar surface area (TPSA) is 65.6 Å². The van der Waals surface area contributed by atoms with Gasteiger partial charge in [0.2, 0.25) is 0 Å². The van der Waals surface area contributed by atoms with E-state index in [1.54, 1.807) is 24.0 Å². The number of rotatable bonds is 14. The normalized spacial score (nSPS) is 13.3. The molecule has 8 aromatic carbocycles. The fourth-order valence-corrected chi connectivity index (χ4v) is 9.36. The quantitative estimate of drug-likeness (QED) is 0.108. The third-order valence-corrected chi connectivity index (χ3v) is 12.7. The maximum Gasteiger partial charge on any atom is 0.261 e. The number of carbonyl (C=O) groups excluding carboxylic acids is 2. The number of amides is 2. The Hall–Kier alpha value is -8.62. The van der Waals surface area contributed by atoms with Crippen molar-refractivity contribution in [2.75, 3.05) is 37.1 Å². The van der Waals surface area contributed by atoms with E-state index in [4.69, 9.17) is 9.47 Å². The number of likely N-dealkylation sites (N-methyl/N-ethyl adjacent to an activating group) is 2. The molecule has 0 bridgehead atoms. The molecule has 8 aromatic rings. The lowest BCUT2D eigenvalue weighted by molar-refractivity contribution is -0.124. The largest absolute Gasteiger partial charge is 0.497 e. The van der Waals surface area contributed by atoms with Crippen molar-refractivity contribution >= 4 is 57.3 Å². The summed E-state index contributed by atoms with van der Waals surface area (Å²) >= 11 is 0. The van der Waals surface area contributed by atoms with E-state index in [0.29, 0.717) is 35.6 Å². The number of fused-ring (bicyclic) bond motifs is 1. The van der Waals surface area contributed by atoms with Crippen LogP contribution >= 0.6 is 0 Å². The van der Waals surface area contributed by atoms with Crippen molar-refractivity contribution in [1.82, 2.24) is 9.80 Å². The van der Waals surface area contributed by atoms with Crippen LogP contribution in [0.25, 0.3) is 33.6 Å². The predicted octanol–water partition coefficient (Wildman–Crippen LogP) is 13.8. The van der Waals surface area contributed by atoms with Crippen molar-refractivity contribution in [1.29, 1.82) is 0 Å². The number of anilines is 6. The molecule has 0 aromatic heterocycles. The summed E-state index contributed by atoms with van der Waals surface area (Å²) < 4.78 is 10.8. The van der Waals surface area contributed by atoms with Gasteiger partial charge in [0.1, 0.15) is 11.5 Å². The monoisotopic (exact) mass is 890 g/mol. The molecule has 8 heteroatoms. The molecule has 0 unspecified atom stereocenters. The van der Waals surface area contributed by atoms with Crippen LogP contribution in [-0.4, -0.2) is 48.9 Å². The molecular weight excluding hydrogens is 841 g/mol. The molecule has 0 spiro atoms. The zero-order valence-corrected chi connectivity index (χ0v) is 38.5. The highest BCUT2D eigenvalue weighted by atomic mass is 16.5. The van der Waals surface area contributed by atoms with E-state index in [2.05, 4.69) is 131 Å². The summed E-state index contributed by atoms with van der Waals surface area (Å²) in [6, 6.07) is 70.1. The molecule has 2 aliphatic heterocycles. The molecule has 0 N–H and O–H groups in total. The third kappa shape index (κ3) is 7.96. The summed E-state index contributed by atoms with van der Waals surface area (Å²) in [6.07, 6.45) is 0. The van der Waals surface area contributed by atoms with E-state index in [1.165, 1.54) is 0 Å². The molecule has 0 fully saturated rings. The molecule has 2 amide bonds. The van der Waals surface area contributed by atoms with Crippen LogP contribution in [0.4, 0.5) is 34.1 Å². The van der Waals surface area contributed by atoms with Gasteiger partial charge in [0, 0.05) is 47.2 Å². The van der Waals surface area contributed by atoms with Crippen LogP contribution in [-0.2, 0) is 9.59 Å². The molecule has 334 valence electrons. The van der Waals surface area contributed by atoms with Crippen molar-refractivity contribution in [3.05, 3.63) is 229 Å². The first-order valence-electron chi connectivity index (χ1n) is 22.9. The number of nitrogens with zero attached hydrogens (tertiary/aromatic N) is 4. The summed E-state index contributed by atoms with van der Waals surface area (Å²) in [4.78, 5) is 36.8. The number of carbonyl (C=O) groups is 2. The minimum absolute atomic E-state index is 0.157. The fourth-order valence-electron chi connectivity index (χ4n) is 9.36. The highest BCUT2D eigenvalue weighted by Crippen LogP contribution is 2.47. The molecule has 10 rings (SSSR count). The Morgan fingerprint density at radius 2 is 0.588 bits per heavy atom. The number of hydrogen-bond donors (Lipinski definition) is 0. The van der Waals surface area contributed by atoms with Gasteiger partial charge in [-0.25, -0.2) is 0 Å². The summed E-state index contributed by atoms with van der Waals surface area (Å²) in [6.45, 7) is 4.77. The van der Waals surface area contributed by atoms with Crippen LogP contribution in [0.2, 0.25) is 0 Å². The molecule has 0 saturated carbocycles. The molecule has 0 saturated heterocycles. The van der Waals surface area contributed by atoms with Gasteiger partial charge in [-0.2, -0.15) is 0 Å². The third-order valence-electron chi connectivity index (χ3n) is 12.7. The number of para-hydroxylation sites is 2. The lowest BCUT2D eigenvalue weighted by Crippen LogP contribution is -2.29. The average molecular weight is 891 g/mol. The molecular formula is C60H50N4O4. The van der Waals surface area contributed by atoms with Gasteiger partial charge >= 0.3 is 0 Å². The molecule has 2 aliphatic rings. The van der Waals surface area contributed by atoms with Gasteiger partial charge < -0.3 is 29.1 Å². The van der Waals surface area contributed by atoms with Crippen LogP contribution in [0.3, 0.4) is 0 Å². The van der Waals surface area contributed by atoms with Crippen molar-refractivity contribution in [3.63, 3.8) is 0 Å². The second-order valence-electron chi connectivity index (χ2n) is 16.5. The molecule has 8 nitrogen and oxygen atoms in total. The number of benzene rings is 8. The van der Waals surface area contributed by atoms with Gasteiger partial charge in [-0.1, -0.05) is 109 Å². The Labute approximate surface area is 397 Å². The SMILES string of the molecule is CCN1C(=O)C2=C(c3ccc(-c4ccc(N(c5ccccc5)c5ccc(OC)cc5)cc4)cc3)N(CC)C(=O)C2=C1c1ccc(-c2ccc(N(c3ccccc3)c3ccc(OC)cc3)cc2)cc1. The van der Waals surface area contributed by atoms with Gasteiger partial charge in [-0.3, -0.25) is 9.59 Å². The Bertz CT molecular complexity index is 2930. The number of methoxy groups -OCH3 is 2. The Morgan fingerprint density at radius 3 is 0.868 bits per heavy atom. The second-order valence-corrected chi connectivity index (χ2v) is 16.5. The number of hydrogen-bond acceptors (Lipinski definition) is 6. The Morgan fingerprint density at radius 1 is 0.338 bits per heavy atom. The lowest BCUT2D eigenvalue weighted by atomic mass is 9.98. The van der Waals surface area contributed by atoms with E-state index in [0.717, 1.165) is 79.0 Å². The minimum atomic E-state index is -0.157. The first-order valence-corrected chi connectivity index (χ1v) is 22.9. The lowest BCUT2D eigenvalue weighted by Gasteiger charge is -2.26. The maximum atomic E-state index is 14.4. The van der Waals surface area contributed by atoms with Crippen LogP contribution in [0, 0.1) is 0 Å². The van der Waals surface area contributed by atoms with Gasteiger partial charge in [0.25, 0.3) is 11.8 Å². The molecule has 0 aliphatic carbocycles. The van der Waals surface area contributed by atoms with Crippen molar-refractivity contribution in [2.45, 2.75) is 13.8 Å². The predicted molar refractivity (Wildman–Crippen MR) is 275 cm³/mol. The maximum absolute atomic E-state index is 14.4. The highest BCUT2D eigenvalue weighted by Gasteiger charge is 2.48. The Balaban J connectivity index is 0.930. The smallest absolute Gasteiger partial charge is 0.261 e. The summed E-state index contributed by atoms with van der Waals surface area (Å²) in [5.74, 6) is 1.29. The molecule has 68 heavy (non-hydrogen) atoms. The van der Waals surface area contributed by atoms with Gasteiger partial charge in [-0.05, 0) is 144 Å². The van der Waals surface area contributed by atoms with E-state index in [-0.39, 0.29) is 11.8 Å². The number of ether oxygens (including phenoxy) is 2. The van der Waals surface area contributed by atoms with E-state index >= 15 is 0 Å². The van der Waals surface area contributed by atoms with Gasteiger partial charge in [0.05, 0.1) is 36.8 Å². The summed E-state index contributed by atoms with van der Waals surface area (Å²) in [5.41, 5.74) is 14.2. The molecule has 2 heterocycles. The van der Waals surface area contributed by atoms with Crippen LogP contribution in [0.1, 0.15) is 25.0 Å². The molecule has 0 atom stereocenters. The van der Waals surface area contributed by atoms with Crippen LogP contribution < -0.4 is 19.3 Å². The van der Waals surface area contributed by atoms with E-state index < -0.39 is 0 Å². The first kappa shape index (κ1) is 43.3. The van der Waals surface area contributed by atoms with Gasteiger partial charge in [-0.15, -0.1) is 0 Å².